The van der Waals surface area contributed by atoms with Crippen LogP contribution in [-0.2, 0) is 0 Å². The number of nitrogens with zero attached hydrogens (tertiary/aromatic N) is 1. The van der Waals surface area contributed by atoms with Crippen LogP contribution >= 0.6 is 0 Å². The summed E-state index contributed by atoms with van der Waals surface area (Å²) < 4.78 is 0. The molecule has 1 unspecified atom stereocenters. The van der Waals surface area contributed by atoms with Crippen molar-refractivity contribution in [2.75, 3.05) is 20.1 Å². The van der Waals surface area contributed by atoms with Crippen molar-refractivity contribution in [3.63, 3.8) is 0 Å². The minimum Gasteiger partial charge on any atom is -0.311 e. The van der Waals surface area contributed by atoms with Gasteiger partial charge in [0.25, 0.3) is 0 Å². The molecule has 0 rings (SSSR count). The second-order valence-electron chi connectivity index (χ2n) is 4.46. The lowest BCUT2D eigenvalue weighted by atomic mass is 10.2. The molecule has 0 aromatic rings. The monoisotopic (exact) mass is 198 g/mol. The van der Waals surface area contributed by atoms with Gasteiger partial charge >= 0.3 is 0 Å². The van der Waals surface area contributed by atoms with Gasteiger partial charge < -0.3 is 5.32 Å². The van der Waals surface area contributed by atoms with Crippen molar-refractivity contribution in [1.82, 2.24) is 10.2 Å². The zero-order valence-corrected chi connectivity index (χ0v) is 10.4. The Kier molecular flexibility index (Phi) is 6.85. The summed E-state index contributed by atoms with van der Waals surface area (Å²) in [7, 11) is 2.16. The molecule has 1 atom stereocenters. The van der Waals surface area contributed by atoms with Gasteiger partial charge in [0.1, 0.15) is 0 Å². The molecule has 14 heavy (non-hydrogen) atoms. The van der Waals surface area contributed by atoms with Crippen LogP contribution in [0.15, 0.2) is 12.2 Å². The van der Waals surface area contributed by atoms with E-state index in [1.807, 2.05) is 0 Å². The first kappa shape index (κ1) is 13.7. The maximum absolute atomic E-state index is 4.08. The summed E-state index contributed by atoms with van der Waals surface area (Å²) >= 11 is 0. The molecule has 0 heterocycles. The van der Waals surface area contributed by atoms with Gasteiger partial charge in [0.05, 0.1) is 0 Å². The molecule has 2 heteroatoms. The van der Waals surface area contributed by atoms with Crippen LogP contribution in [-0.4, -0.2) is 37.1 Å². The molecule has 0 saturated heterocycles. The number of nitrogens with one attached hydrogen (secondary N) is 1. The van der Waals surface area contributed by atoms with E-state index in [4.69, 9.17) is 0 Å². The second kappa shape index (κ2) is 7.02. The number of rotatable bonds is 7. The molecule has 2 nitrogen and oxygen atoms in total. The Morgan fingerprint density at radius 2 is 1.93 bits per heavy atom. The fourth-order valence-electron chi connectivity index (χ4n) is 1.22. The molecular weight excluding hydrogens is 172 g/mol. The van der Waals surface area contributed by atoms with E-state index < -0.39 is 0 Å². The molecule has 1 N–H and O–H groups in total. The van der Waals surface area contributed by atoms with Gasteiger partial charge in [-0.2, -0.15) is 0 Å². The van der Waals surface area contributed by atoms with Crippen LogP contribution in [0.4, 0.5) is 0 Å². The van der Waals surface area contributed by atoms with E-state index in [0.29, 0.717) is 12.1 Å². The molecule has 0 fully saturated rings. The third-order valence-electron chi connectivity index (χ3n) is 2.58. The predicted molar refractivity (Wildman–Crippen MR) is 64.7 cm³/mol. The highest BCUT2D eigenvalue weighted by atomic mass is 15.1. The van der Waals surface area contributed by atoms with Crippen LogP contribution in [0.5, 0.6) is 0 Å². The van der Waals surface area contributed by atoms with Crippen molar-refractivity contribution in [1.29, 1.82) is 0 Å². The molecule has 0 aliphatic heterocycles. The lowest BCUT2D eigenvalue weighted by molar-refractivity contribution is 0.270. The Morgan fingerprint density at radius 1 is 1.36 bits per heavy atom. The third-order valence-corrected chi connectivity index (χ3v) is 2.58. The Labute approximate surface area is 89.4 Å². The predicted octanol–water partition coefficient (Wildman–Crippen LogP) is 2.27. The van der Waals surface area contributed by atoms with Crippen molar-refractivity contribution >= 4 is 0 Å². The highest BCUT2D eigenvalue weighted by molar-refractivity contribution is 5.00. The average Bonchev–Trinajstić information content (AvgIpc) is 2.13. The quantitative estimate of drug-likeness (QED) is 0.631. The first-order valence-electron chi connectivity index (χ1n) is 5.57. The van der Waals surface area contributed by atoms with Crippen LogP contribution in [0.2, 0.25) is 0 Å². The Hall–Kier alpha value is -0.340. The maximum Gasteiger partial charge on any atom is 0.0202 e. The van der Waals surface area contributed by atoms with Gasteiger partial charge in [0.15, 0.2) is 0 Å². The summed E-state index contributed by atoms with van der Waals surface area (Å²) in [4.78, 5) is 2.35. The molecule has 0 spiro atoms. The van der Waals surface area contributed by atoms with Crippen molar-refractivity contribution in [3.05, 3.63) is 12.2 Å². The fourth-order valence-corrected chi connectivity index (χ4v) is 1.22. The van der Waals surface area contributed by atoms with Crippen LogP contribution in [0.25, 0.3) is 0 Å². The fraction of sp³-hybridized carbons (Fsp3) is 0.833. The van der Waals surface area contributed by atoms with Gasteiger partial charge in [-0.15, -0.1) is 0 Å². The van der Waals surface area contributed by atoms with Crippen molar-refractivity contribution in [3.8, 4) is 0 Å². The van der Waals surface area contributed by atoms with E-state index in [-0.39, 0.29) is 0 Å². The summed E-state index contributed by atoms with van der Waals surface area (Å²) in [6, 6.07) is 1.19. The molecule has 0 aromatic carbocycles. The minimum atomic E-state index is 0.542. The molecule has 0 radical (unpaired) electrons. The second-order valence-corrected chi connectivity index (χ2v) is 4.46. The summed E-state index contributed by atoms with van der Waals surface area (Å²) in [6.07, 6.45) is 1.20. The van der Waals surface area contributed by atoms with Gasteiger partial charge in [-0.25, -0.2) is 0 Å². The highest BCUT2D eigenvalue weighted by Gasteiger charge is 2.07. The minimum absolute atomic E-state index is 0.542. The Balaban J connectivity index is 3.71. The molecule has 0 saturated carbocycles. The van der Waals surface area contributed by atoms with Crippen molar-refractivity contribution in [2.45, 2.75) is 46.2 Å². The van der Waals surface area contributed by atoms with Gasteiger partial charge in [0.2, 0.25) is 0 Å². The normalized spacial score (nSPS) is 13.6. The van der Waals surface area contributed by atoms with Gasteiger partial charge in [-0.3, -0.25) is 4.90 Å². The zero-order chi connectivity index (χ0) is 11.1. The van der Waals surface area contributed by atoms with E-state index in [1.54, 1.807) is 0 Å². The van der Waals surface area contributed by atoms with Crippen molar-refractivity contribution in [2.24, 2.45) is 0 Å². The van der Waals surface area contributed by atoms with Crippen LogP contribution in [0, 0.1) is 0 Å². The standard InChI is InChI=1S/C12H26N2/c1-7-12(5)14(6)9-11(4)8-13-10(2)3/h10,12-13H,4,7-9H2,1-3,5-6H3. The average molecular weight is 198 g/mol. The maximum atomic E-state index is 4.08. The van der Waals surface area contributed by atoms with E-state index in [9.17, 15) is 0 Å². The number of likely N-dealkylation sites (N-methyl/N-ethyl adjacent to an activating group) is 1. The summed E-state index contributed by atoms with van der Waals surface area (Å²) in [5.74, 6) is 0. The van der Waals surface area contributed by atoms with E-state index >= 15 is 0 Å². The van der Waals surface area contributed by atoms with Gasteiger partial charge in [0, 0.05) is 25.2 Å². The first-order chi connectivity index (χ1) is 6.47. The third kappa shape index (κ3) is 6.17. The molecule has 84 valence electrons. The van der Waals surface area contributed by atoms with E-state index in [0.717, 1.165) is 13.1 Å². The molecule has 0 bridgehead atoms. The van der Waals surface area contributed by atoms with Gasteiger partial charge in [-0.05, 0) is 26.0 Å². The SMILES string of the molecule is C=C(CNC(C)C)CN(C)C(C)CC. The largest absolute Gasteiger partial charge is 0.311 e. The summed E-state index contributed by atoms with van der Waals surface area (Å²) in [6.45, 7) is 14.8. The topological polar surface area (TPSA) is 15.3 Å². The highest BCUT2D eigenvalue weighted by Crippen LogP contribution is 2.02. The van der Waals surface area contributed by atoms with E-state index in [1.165, 1.54) is 12.0 Å². The Bertz CT molecular complexity index is 164. The van der Waals surface area contributed by atoms with Gasteiger partial charge in [-0.1, -0.05) is 27.4 Å². The van der Waals surface area contributed by atoms with Crippen LogP contribution in [0.1, 0.15) is 34.1 Å². The molecule has 0 aliphatic rings. The first-order valence-corrected chi connectivity index (χ1v) is 5.57. The number of hydrogen-bond donors (Lipinski definition) is 1. The molecular formula is C12H26N2. The number of hydrogen-bond acceptors (Lipinski definition) is 2. The lowest BCUT2D eigenvalue weighted by Crippen LogP contribution is -2.33. The smallest absolute Gasteiger partial charge is 0.0202 e. The molecule has 0 amide bonds. The van der Waals surface area contributed by atoms with Crippen molar-refractivity contribution < 1.29 is 0 Å². The lowest BCUT2D eigenvalue weighted by Gasteiger charge is -2.24. The van der Waals surface area contributed by atoms with Crippen LogP contribution < -0.4 is 5.32 Å². The van der Waals surface area contributed by atoms with E-state index in [2.05, 4.69) is 51.5 Å². The zero-order valence-electron chi connectivity index (χ0n) is 10.4. The summed E-state index contributed by atoms with van der Waals surface area (Å²) in [5.41, 5.74) is 1.27. The Morgan fingerprint density at radius 3 is 2.36 bits per heavy atom. The molecule has 0 aliphatic carbocycles. The van der Waals surface area contributed by atoms with Crippen LogP contribution in [0.3, 0.4) is 0 Å². The summed E-state index contributed by atoms with van der Waals surface area (Å²) in [5, 5.41) is 3.38. The molecule has 0 aromatic heterocycles.